The van der Waals surface area contributed by atoms with Crippen LogP contribution in [0.15, 0.2) is 23.9 Å². The number of nitrogens with zero attached hydrogens (tertiary/aromatic N) is 12. The van der Waals surface area contributed by atoms with Gasteiger partial charge in [-0.05, 0) is 118 Å². The molecule has 26 N–H and O–H groups in total. The Bertz CT molecular complexity index is 1340. The summed E-state index contributed by atoms with van der Waals surface area (Å²) in [4.78, 5) is 50.8. The van der Waals surface area contributed by atoms with Crippen molar-refractivity contribution in [1.29, 1.82) is 0 Å². The molecule has 0 aromatic rings. The normalized spacial score (nSPS) is 17.0. The number of hydrogen-bond acceptors (Lipinski definition) is 18. The van der Waals surface area contributed by atoms with Crippen LogP contribution in [0.4, 0.5) is 0 Å². The van der Waals surface area contributed by atoms with E-state index in [2.05, 4.69) is 6.08 Å². The van der Waals surface area contributed by atoms with Gasteiger partial charge >= 0.3 is 30.5 Å². The van der Waals surface area contributed by atoms with E-state index in [4.69, 9.17) is 97.1 Å². The molecular formula is C36H88Ce6N12O28+6. The van der Waals surface area contributed by atoms with Crippen LogP contribution in [0, 0.1) is 310 Å². The summed E-state index contributed by atoms with van der Waals surface area (Å²) in [6.07, 6.45) is 24.7. The molecule has 6 rings (SSSR count). The van der Waals surface area contributed by atoms with Gasteiger partial charge in [0.2, 0.25) is 0 Å². The molecule has 5 fully saturated rings. The fourth-order valence-corrected chi connectivity index (χ4v) is 8.06. The molecule has 6 heterocycles. The summed E-state index contributed by atoms with van der Waals surface area (Å²) < 4.78 is 0. The van der Waals surface area contributed by atoms with Gasteiger partial charge in [0.15, 0.2) is 0 Å². The van der Waals surface area contributed by atoms with Gasteiger partial charge in [-0.1, -0.05) is 31.8 Å². The number of hydrogen-bond donors (Lipinski definition) is 18. The maximum Gasteiger partial charge on any atom is 0.472 e. The second-order valence-corrected chi connectivity index (χ2v) is 16.9. The number of rotatable bonds is 9. The fraction of sp³-hybridized carbons (Fsp3) is 0.889. The Morgan fingerprint density at radius 1 is 0.329 bits per heavy atom. The maximum atomic E-state index is 9.27. The summed E-state index contributed by atoms with van der Waals surface area (Å²) in [6.45, 7) is 8.99. The molecule has 0 saturated carbocycles. The zero-order valence-corrected chi connectivity index (χ0v) is 63.9. The number of piperidine rings is 5. The average molecular weight is 1980 g/mol. The Morgan fingerprint density at radius 2 is 0.488 bits per heavy atom. The molecule has 82 heavy (non-hydrogen) atoms. The second-order valence-electron chi connectivity index (χ2n) is 16.9. The molecule has 0 bridgehead atoms. The van der Waals surface area contributed by atoms with Gasteiger partial charge in [-0.15, -0.1) is 0 Å². The Balaban J connectivity index is -0.0000000629. The minimum Gasteiger partial charge on any atom is -0.412 e. The molecule has 5 saturated heterocycles. The molecular weight excluding hydrogens is 1890 g/mol. The Morgan fingerprint density at radius 3 is 0.634 bits per heavy atom. The molecule has 0 radical (unpaired) electrons. The monoisotopic (exact) mass is 1980 g/mol. The first-order valence-electron chi connectivity index (χ1n) is 22.7. The third-order valence-electron chi connectivity index (χ3n) is 11.8. The summed E-state index contributed by atoms with van der Waals surface area (Å²) in [5.41, 5.74) is 1.32. The van der Waals surface area contributed by atoms with E-state index in [9.17, 15) is 26.0 Å². The van der Waals surface area contributed by atoms with Crippen LogP contribution in [0.2, 0.25) is 0 Å². The molecule has 0 aromatic heterocycles. The van der Waals surface area contributed by atoms with Gasteiger partial charge in [-0.2, -0.15) is 25.3 Å². The summed E-state index contributed by atoms with van der Waals surface area (Å²) in [5, 5.41) is 139. The second kappa shape index (κ2) is 75.6. The molecule has 0 amide bonds. The molecule has 0 spiro atoms. The van der Waals surface area contributed by atoms with Gasteiger partial charge in [-0.3, -0.25) is 10.3 Å². The van der Waals surface area contributed by atoms with Crippen molar-refractivity contribution in [1.82, 2.24) is 30.4 Å². The molecule has 0 aromatic carbocycles. The molecule has 40 nitrogen and oxygen atoms in total. The van der Waals surface area contributed by atoms with Gasteiger partial charge in [0.1, 0.15) is 29.4 Å². The minimum atomic E-state index is -1.25. The number of allylic oxidation sites excluding steroid dienone is 2. The quantitative estimate of drug-likeness (QED) is 0.134. The minimum absolute atomic E-state index is 0. The molecule has 6 aliphatic heterocycles. The van der Waals surface area contributed by atoms with Crippen molar-refractivity contribution in [2.75, 3.05) is 72.0 Å². The van der Waals surface area contributed by atoms with E-state index in [1.165, 1.54) is 68.1 Å². The molecule has 0 atom stereocenters. The Hall–Kier alpha value is 2.14. The molecule has 6 aliphatic rings. The topological polar surface area (TPSA) is 630 Å². The van der Waals surface area contributed by atoms with Crippen LogP contribution in [0.25, 0.3) is 0 Å². The molecule has 46 heteroatoms. The Labute approximate surface area is 673 Å². The maximum absolute atomic E-state index is 9.27. The van der Waals surface area contributed by atoms with E-state index in [1.54, 1.807) is 6.20 Å². The van der Waals surface area contributed by atoms with Crippen LogP contribution in [0.5, 0.6) is 0 Å². The van der Waals surface area contributed by atoms with Crippen molar-refractivity contribution < 1.29 is 397 Å². The predicted molar refractivity (Wildman–Crippen MR) is 241 cm³/mol. The van der Waals surface area contributed by atoms with Crippen LogP contribution < -0.4 is 0 Å². The summed E-state index contributed by atoms with van der Waals surface area (Å²) in [6, 6.07) is 0. The van der Waals surface area contributed by atoms with Gasteiger partial charge in [0.05, 0.1) is 6.54 Å². The molecule has 478 valence electrons. The first kappa shape index (κ1) is 115. The van der Waals surface area contributed by atoms with E-state index in [0.717, 1.165) is 166 Å². The zero-order chi connectivity index (χ0) is 55.6. The Kier molecular flexibility index (Phi) is 106. The van der Waals surface area contributed by atoms with E-state index in [-0.39, 0.29) is 272 Å². The van der Waals surface area contributed by atoms with E-state index < -0.39 is 30.5 Å². The van der Waals surface area contributed by atoms with Crippen molar-refractivity contribution in [2.24, 2.45) is 29.6 Å². The molecule has 0 aliphatic carbocycles. The van der Waals surface area contributed by atoms with Crippen LogP contribution in [-0.4, -0.2) is 249 Å². The SMILES string of the molecule is O.O.O.O.O=[N+](O)O.O=[N+](O)O.O=[N+](O)O.O=[N+](O)O.O=[N+](O)O.O=[N+](O)O.ON1C=CC(CCC2CCN(O)CC2)=CC1.ON1CCC(CCC2CCN(O)CC2)CC1.ON1CCC(CCC2CCN(O)CC2)CC1.[Ce].[Ce].[Ce].[Ce].[Ce].[Ce]. The standard InChI is InChI=1S/2C12H24N2O2.C12H20N2O2.6Ce.6H2NO3.4H2O/c3*15-13-7-3-11(4-8-13)1-2-12-5-9-14(16)10-6-12;;;;;;;6*2-1(3)4;;;;/h2*11-12,15-16H,1-10H2;3-4,7,12,15-16H,1-2,5-6,8-10H2;;;;;;;6*(H2,2,3,4);4*1H2/q;;;;;;;;;6*+1;;;;. The van der Waals surface area contributed by atoms with Gasteiger partial charge in [0, 0.05) is 322 Å². The van der Waals surface area contributed by atoms with Crippen LogP contribution in [0.1, 0.15) is 103 Å². The van der Waals surface area contributed by atoms with Crippen LogP contribution in [-0.2, 0) is 0 Å². The third-order valence-corrected chi connectivity index (χ3v) is 11.8. The van der Waals surface area contributed by atoms with Crippen molar-refractivity contribution >= 4 is 0 Å². The van der Waals surface area contributed by atoms with Crippen molar-refractivity contribution in [3.8, 4) is 0 Å². The summed E-state index contributed by atoms with van der Waals surface area (Å²) in [7, 11) is 0. The van der Waals surface area contributed by atoms with Crippen molar-refractivity contribution in [3.63, 3.8) is 0 Å². The van der Waals surface area contributed by atoms with Crippen LogP contribution in [0.3, 0.4) is 0 Å². The summed E-state index contributed by atoms with van der Waals surface area (Å²) >= 11 is 0. The van der Waals surface area contributed by atoms with E-state index in [0.29, 0.717) is 6.54 Å². The molecule has 0 unspecified atom stereocenters. The van der Waals surface area contributed by atoms with Gasteiger partial charge < -0.3 is 47.9 Å². The largest absolute Gasteiger partial charge is 0.472 e. The first-order valence-corrected chi connectivity index (χ1v) is 22.7. The van der Waals surface area contributed by atoms with Crippen LogP contribution >= 0.6 is 0 Å². The number of hydroxylamine groups is 12. The summed E-state index contributed by atoms with van der Waals surface area (Å²) in [5.74, 6) is 4.00. The van der Waals surface area contributed by atoms with Crippen molar-refractivity contribution in [3.05, 3.63) is 53.4 Å². The predicted octanol–water partition coefficient (Wildman–Crippen LogP) is -0.0859. The van der Waals surface area contributed by atoms with Crippen molar-refractivity contribution in [2.45, 2.75) is 103 Å². The third kappa shape index (κ3) is 90.9. The van der Waals surface area contributed by atoms with Gasteiger partial charge in [-0.25, -0.2) is 62.5 Å². The van der Waals surface area contributed by atoms with Gasteiger partial charge in [0.25, 0.3) is 0 Å². The average Bonchev–Trinajstić information content (AvgIpc) is 3.27. The smallest absolute Gasteiger partial charge is 0.412 e. The van der Waals surface area contributed by atoms with E-state index >= 15 is 0 Å². The fourth-order valence-electron chi connectivity index (χ4n) is 8.06. The van der Waals surface area contributed by atoms with E-state index in [1.807, 2.05) is 6.08 Å². The first-order chi connectivity index (χ1) is 33.6. The zero-order valence-electron chi connectivity index (χ0n) is 45.1.